The van der Waals surface area contributed by atoms with Crippen molar-refractivity contribution >= 4 is 5.82 Å². The van der Waals surface area contributed by atoms with E-state index in [1.54, 1.807) is 18.3 Å². The Morgan fingerprint density at radius 2 is 1.94 bits per heavy atom. The zero-order chi connectivity index (χ0) is 12.4. The van der Waals surface area contributed by atoms with Gasteiger partial charge in [0.05, 0.1) is 0 Å². The van der Waals surface area contributed by atoms with Crippen LogP contribution in [-0.4, -0.2) is 4.98 Å². The van der Waals surface area contributed by atoms with Crippen LogP contribution in [0.15, 0.2) is 30.5 Å². The van der Waals surface area contributed by atoms with Crippen LogP contribution in [0.4, 0.5) is 10.2 Å². The molecule has 17 heavy (non-hydrogen) atoms. The maximum atomic E-state index is 13.2. The van der Waals surface area contributed by atoms with Crippen molar-refractivity contribution in [1.82, 2.24) is 4.98 Å². The van der Waals surface area contributed by atoms with Crippen LogP contribution in [0, 0.1) is 19.7 Å². The number of pyridine rings is 1. The summed E-state index contributed by atoms with van der Waals surface area (Å²) >= 11 is 0. The molecule has 0 aliphatic heterocycles. The molecule has 0 saturated carbocycles. The average Bonchev–Trinajstić information content (AvgIpc) is 2.28. The molecule has 1 heterocycles. The van der Waals surface area contributed by atoms with Crippen molar-refractivity contribution in [2.24, 2.45) is 0 Å². The Morgan fingerprint density at radius 3 is 2.71 bits per heavy atom. The quantitative estimate of drug-likeness (QED) is 0.861. The third-order valence-electron chi connectivity index (χ3n) is 2.83. The summed E-state index contributed by atoms with van der Waals surface area (Å²) in [6.45, 7) is 3.93. The maximum absolute atomic E-state index is 13.2. The number of hydrogen-bond donors (Lipinski definition) is 1. The highest BCUT2D eigenvalue weighted by Crippen LogP contribution is 2.19. The molecule has 0 amide bonds. The molecular weight excluding hydrogens is 215 g/mol. The number of nitrogens with two attached hydrogens (primary N) is 1. The summed E-state index contributed by atoms with van der Waals surface area (Å²) in [7, 11) is 0. The van der Waals surface area contributed by atoms with E-state index in [2.05, 4.69) is 4.98 Å². The molecule has 1 aromatic heterocycles. The molecule has 2 N–H and O–H groups in total. The van der Waals surface area contributed by atoms with Gasteiger partial charge in [0.2, 0.25) is 0 Å². The molecular formula is C14H15FN2. The summed E-state index contributed by atoms with van der Waals surface area (Å²) in [5, 5.41) is 0. The van der Waals surface area contributed by atoms with Crippen LogP contribution in [0.1, 0.15) is 22.3 Å². The van der Waals surface area contributed by atoms with Gasteiger partial charge in [0.15, 0.2) is 0 Å². The molecule has 0 fully saturated rings. The molecule has 88 valence electrons. The van der Waals surface area contributed by atoms with Crippen molar-refractivity contribution in [2.75, 3.05) is 5.73 Å². The molecule has 0 bridgehead atoms. The van der Waals surface area contributed by atoms with Crippen LogP contribution >= 0.6 is 0 Å². The first-order valence-corrected chi connectivity index (χ1v) is 5.52. The maximum Gasteiger partial charge on any atom is 0.126 e. The number of halogens is 1. The van der Waals surface area contributed by atoms with E-state index in [9.17, 15) is 4.39 Å². The first-order valence-electron chi connectivity index (χ1n) is 5.52. The SMILES string of the molecule is Cc1cnc(N)c(Cc2cc(F)ccc2C)c1. The largest absolute Gasteiger partial charge is 0.383 e. The number of anilines is 1. The second kappa shape index (κ2) is 4.53. The summed E-state index contributed by atoms with van der Waals surface area (Å²) in [4.78, 5) is 4.11. The highest BCUT2D eigenvalue weighted by Gasteiger charge is 2.06. The first-order chi connectivity index (χ1) is 8.06. The van der Waals surface area contributed by atoms with Crippen LogP contribution < -0.4 is 5.73 Å². The zero-order valence-corrected chi connectivity index (χ0v) is 10.00. The predicted octanol–water partition coefficient (Wildman–Crippen LogP) is 3.01. The van der Waals surface area contributed by atoms with Gasteiger partial charge in [-0.05, 0) is 48.2 Å². The minimum absolute atomic E-state index is 0.218. The van der Waals surface area contributed by atoms with Gasteiger partial charge >= 0.3 is 0 Å². The third-order valence-corrected chi connectivity index (χ3v) is 2.83. The van der Waals surface area contributed by atoms with Crippen molar-refractivity contribution in [2.45, 2.75) is 20.3 Å². The Bertz CT molecular complexity index is 500. The van der Waals surface area contributed by atoms with Gasteiger partial charge in [-0.15, -0.1) is 0 Å². The fourth-order valence-electron chi connectivity index (χ4n) is 1.82. The molecule has 2 rings (SSSR count). The monoisotopic (exact) mass is 230 g/mol. The van der Waals surface area contributed by atoms with Crippen LogP contribution in [-0.2, 0) is 6.42 Å². The Morgan fingerprint density at radius 1 is 1.18 bits per heavy atom. The van der Waals surface area contributed by atoms with E-state index in [1.165, 1.54) is 6.07 Å². The van der Waals surface area contributed by atoms with E-state index < -0.39 is 0 Å². The van der Waals surface area contributed by atoms with Crippen molar-refractivity contribution in [1.29, 1.82) is 0 Å². The van der Waals surface area contributed by atoms with E-state index in [1.807, 2.05) is 19.9 Å². The molecule has 0 radical (unpaired) electrons. The average molecular weight is 230 g/mol. The second-order valence-electron chi connectivity index (χ2n) is 4.30. The number of benzene rings is 1. The van der Waals surface area contributed by atoms with E-state index in [-0.39, 0.29) is 5.82 Å². The van der Waals surface area contributed by atoms with Gasteiger partial charge in [-0.1, -0.05) is 12.1 Å². The third kappa shape index (κ3) is 2.61. The van der Waals surface area contributed by atoms with Crippen LogP contribution in [0.5, 0.6) is 0 Å². The Balaban J connectivity index is 2.37. The second-order valence-corrected chi connectivity index (χ2v) is 4.30. The van der Waals surface area contributed by atoms with Crippen molar-refractivity contribution < 1.29 is 4.39 Å². The molecule has 0 aliphatic carbocycles. The predicted molar refractivity (Wildman–Crippen MR) is 67.3 cm³/mol. The summed E-state index contributed by atoms with van der Waals surface area (Å²) in [6, 6.07) is 6.80. The summed E-state index contributed by atoms with van der Waals surface area (Å²) < 4.78 is 13.2. The van der Waals surface area contributed by atoms with Gasteiger partial charge in [0.1, 0.15) is 11.6 Å². The lowest BCUT2D eigenvalue weighted by atomic mass is 10.00. The van der Waals surface area contributed by atoms with Gasteiger partial charge in [-0.25, -0.2) is 9.37 Å². The summed E-state index contributed by atoms with van der Waals surface area (Å²) in [5.74, 6) is 0.295. The lowest BCUT2D eigenvalue weighted by molar-refractivity contribution is 0.625. The Hall–Kier alpha value is -1.90. The smallest absolute Gasteiger partial charge is 0.126 e. The van der Waals surface area contributed by atoms with Gasteiger partial charge in [-0.3, -0.25) is 0 Å². The number of aryl methyl sites for hydroxylation is 2. The number of nitrogen functional groups attached to an aromatic ring is 1. The number of aromatic nitrogens is 1. The van der Waals surface area contributed by atoms with Crippen LogP contribution in [0.2, 0.25) is 0 Å². The lowest BCUT2D eigenvalue weighted by Crippen LogP contribution is -2.01. The fraction of sp³-hybridized carbons (Fsp3) is 0.214. The van der Waals surface area contributed by atoms with E-state index in [4.69, 9.17) is 5.73 Å². The highest BCUT2D eigenvalue weighted by molar-refractivity contribution is 5.45. The minimum Gasteiger partial charge on any atom is -0.383 e. The van der Waals surface area contributed by atoms with Crippen LogP contribution in [0.3, 0.4) is 0 Å². The van der Waals surface area contributed by atoms with Crippen molar-refractivity contribution in [3.8, 4) is 0 Å². The zero-order valence-electron chi connectivity index (χ0n) is 10.00. The molecule has 2 aromatic rings. The number of nitrogens with zero attached hydrogens (tertiary/aromatic N) is 1. The van der Waals surface area contributed by atoms with E-state index in [0.717, 1.165) is 22.3 Å². The van der Waals surface area contributed by atoms with E-state index >= 15 is 0 Å². The molecule has 0 saturated heterocycles. The minimum atomic E-state index is -0.218. The summed E-state index contributed by atoms with van der Waals surface area (Å²) in [6.07, 6.45) is 2.35. The Kier molecular flexibility index (Phi) is 3.09. The molecule has 1 aromatic carbocycles. The first kappa shape index (κ1) is 11.6. The lowest BCUT2D eigenvalue weighted by Gasteiger charge is -2.08. The molecule has 0 spiro atoms. The standard InChI is InChI=1S/C14H15FN2/c1-9-5-12(14(16)17-8-9)6-11-7-13(15)4-3-10(11)2/h3-5,7-8H,6H2,1-2H3,(H2,16,17). The van der Waals surface area contributed by atoms with Gasteiger partial charge < -0.3 is 5.73 Å². The fourth-order valence-corrected chi connectivity index (χ4v) is 1.82. The molecule has 0 aliphatic rings. The topological polar surface area (TPSA) is 38.9 Å². The molecule has 0 atom stereocenters. The Labute approximate surface area is 100 Å². The normalized spacial score (nSPS) is 10.5. The molecule has 2 nitrogen and oxygen atoms in total. The van der Waals surface area contributed by atoms with Crippen molar-refractivity contribution in [3.05, 3.63) is 58.5 Å². The van der Waals surface area contributed by atoms with Gasteiger partial charge in [0, 0.05) is 12.6 Å². The number of hydrogen-bond acceptors (Lipinski definition) is 2. The van der Waals surface area contributed by atoms with Gasteiger partial charge in [0.25, 0.3) is 0 Å². The van der Waals surface area contributed by atoms with Crippen LogP contribution in [0.25, 0.3) is 0 Å². The number of rotatable bonds is 2. The summed E-state index contributed by atoms with van der Waals surface area (Å²) in [5.41, 5.74) is 9.83. The van der Waals surface area contributed by atoms with Crippen molar-refractivity contribution in [3.63, 3.8) is 0 Å². The highest BCUT2D eigenvalue weighted by atomic mass is 19.1. The molecule has 3 heteroatoms. The van der Waals surface area contributed by atoms with E-state index in [0.29, 0.717) is 12.2 Å². The van der Waals surface area contributed by atoms with Gasteiger partial charge in [-0.2, -0.15) is 0 Å². The molecule has 0 unspecified atom stereocenters.